The largest absolute Gasteiger partial charge is 0.480 e. The quantitative estimate of drug-likeness (QED) is 0.831. The van der Waals surface area contributed by atoms with Gasteiger partial charge in [-0.05, 0) is 32.2 Å². The van der Waals surface area contributed by atoms with Crippen molar-refractivity contribution in [1.82, 2.24) is 9.80 Å². The molecule has 3 atom stereocenters. The SMILES string of the molecule is CCC1CCN(CC(=O)N2CCOC(C)C2)C(C(=O)O)C1. The Morgan fingerprint density at radius 3 is 2.71 bits per heavy atom. The summed E-state index contributed by atoms with van der Waals surface area (Å²) in [5.74, 6) is -0.330. The van der Waals surface area contributed by atoms with E-state index in [0.717, 1.165) is 12.8 Å². The van der Waals surface area contributed by atoms with Gasteiger partial charge in [0.1, 0.15) is 6.04 Å². The second-order valence-electron chi connectivity index (χ2n) is 6.14. The van der Waals surface area contributed by atoms with E-state index in [9.17, 15) is 14.7 Å². The number of carbonyl (C=O) groups excluding carboxylic acids is 1. The fraction of sp³-hybridized carbons (Fsp3) is 0.867. The maximum absolute atomic E-state index is 12.4. The molecule has 2 rings (SSSR count). The molecule has 0 spiro atoms. The first-order chi connectivity index (χ1) is 10.0. The van der Waals surface area contributed by atoms with Gasteiger partial charge in [0, 0.05) is 13.1 Å². The van der Waals surface area contributed by atoms with E-state index < -0.39 is 12.0 Å². The van der Waals surface area contributed by atoms with E-state index in [2.05, 4.69) is 6.92 Å². The highest BCUT2D eigenvalue weighted by Crippen LogP contribution is 2.25. The average Bonchev–Trinajstić information content (AvgIpc) is 2.47. The van der Waals surface area contributed by atoms with Gasteiger partial charge in [-0.1, -0.05) is 13.3 Å². The van der Waals surface area contributed by atoms with Gasteiger partial charge in [0.25, 0.3) is 0 Å². The van der Waals surface area contributed by atoms with Gasteiger partial charge < -0.3 is 14.7 Å². The van der Waals surface area contributed by atoms with Crippen molar-refractivity contribution in [3.8, 4) is 0 Å². The summed E-state index contributed by atoms with van der Waals surface area (Å²) in [6, 6.07) is -0.522. The summed E-state index contributed by atoms with van der Waals surface area (Å²) in [6.45, 7) is 6.72. The molecule has 0 radical (unpaired) electrons. The van der Waals surface area contributed by atoms with Crippen LogP contribution in [0.25, 0.3) is 0 Å². The van der Waals surface area contributed by atoms with Gasteiger partial charge in [-0.2, -0.15) is 0 Å². The molecule has 21 heavy (non-hydrogen) atoms. The highest BCUT2D eigenvalue weighted by atomic mass is 16.5. The monoisotopic (exact) mass is 298 g/mol. The number of likely N-dealkylation sites (tertiary alicyclic amines) is 1. The summed E-state index contributed by atoms with van der Waals surface area (Å²) in [5, 5.41) is 9.40. The third-order valence-corrected chi connectivity index (χ3v) is 4.62. The fourth-order valence-corrected chi connectivity index (χ4v) is 3.22. The molecule has 2 saturated heterocycles. The standard InChI is InChI=1S/C15H26N2O4/c1-3-12-4-5-16(13(8-12)15(19)20)10-14(18)17-6-7-21-11(2)9-17/h11-13H,3-10H2,1-2H3,(H,19,20). The number of hydrogen-bond acceptors (Lipinski definition) is 4. The van der Waals surface area contributed by atoms with Crippen molar-refractivity contribution in [3.05, 3.63) is 0 Å². The third-order valence-electron chi connectivity index (χ3n) is 4.62. The molecule has 2 fully saturated rings. The summed E-state index contributed by atoms with van der Waals surface area (Å²) >= 11 is 0. The number of nitrogens with zero attached hydrogens (tertiary/aromatic N) is 2. The van der Waals surface area contributed by atoms with Crippen molar-refractivity contribution < 1.29 is 19.4 Å². The van der Waals surface area contributed by atoms with E-state index in [1.54, 1.807) is 4.90 Å². The van der Waals surface area contributed by atoms with Crippen LogP contribution in [0.15, 0.2) is 0 Å². The third kappa shape index (κ3) is 4.17. The molecule has 1 amide bonds. The van der Waals surface area contributed by atoms with Gasteiger partial charge in [-0.25, -0.2) is 0 Å². The minimum absolute atomic E-state index is 0.0198. The van der Waals surface area contributed by atoms with Crippen LogP contribution in [0.4, 0.5) is 0 Å². The molecule has 0 aromatic rings. The van der Waals surface area contributed by atoms with Gasteiger partial charge in [0.05, 0.1) is 19.3 Å². The normalized spacial score (nSPS) is 31.1. The summed E-state index contributed by atoms with van der Waals surface area (Å²) < 4.78 is 5.43. The summed E-state index contributed by atoms with van der Waals surface area (Å²) in [5.41, 5.74) is 0. The van der Waals surface area contributed by atoms with Crippen molar-refractivity contribution >= 4 is 11.9 Å². The van der Waals surface area contributed by atoms with Gasteiger partial charge >= 0.3 is 5.97 Å². The van der Waals surface area contributed by atoms with Crippen LogP contribution in [0.3, 0.4) is 0 Å². The average molecular weight is 298 g/mol. The molecule has 0 aliphatic carbocycles. The predicted molar refractivity (Wildman–Crippen MR) is 78.0 cm³/mol. The van der Waals surface area contributed by atoms with Crippen LogP contribution in [0.2, 0.25) is 0 Å². The molecule has 0 saturated carbocycles. The van der Waals surface area contributed by atoms with Gasteiger partial charge in [0.15, 0.2) is 0 Å². The van der Waals surface area contributed by atoms with Gasteiger partial charge in [-0.15, -0.1) is 0 Å². The Bertz CT molecular complexity index is 388. The lowest BCUT2D eigenvalue weighted by molar-refractivity contribution is -0.148. The number of rotatable bonds is 4. The topological polar surface area (TPSA) is 70.1 Å². The van der Waals surface area contributed by atoms with E-state index in [-0.39, 0.29) is 18.6 Å². The first-order valence-electron chi connectivity index (χ1n) is 7.87. The smallest absolute Gasteiger partial charge is 0.320 e. The van der Waals surface area contributed by atoms with Gasteiger partial charge in [-0.3, -0.25) is 14.5 Å². The molecule has 1 N–H and O–H groups in total. The molecule has 2 heterocycles. The Hall–Kier alpha value is -1.14. The van der Waals surface area contributed by atoms with E-state index in [4.69, 9.17) is 4.74 Å². The van der Waals surface area contributed by atoms with Crippen molar-refractivity contribution in [2.45, 2.75) is 45.3 Å². The van der Waals surface area contributed by atoms with Crippen molar-refractivity contribution in [2.24, 2.45) is 5.92 Å². The number of piperidine rings is 1. The number of carboxylic acid groups (broad SMARTS) is 1. The molecule has 3 unspecified atom stereocenters. The van der Waals surface area contributed by atoms with Crippen molar-refractivity contribution in [2.75, 3.05) is 32.8 Å². The van der Waals surface area contributed by atoms with E-state index in [1.807, 2.05) is 11.8 Å². The van der Waals surface area contributed by atoms with Crippen molar-refractivity contribution in [1.29, 1.82) is 0 Å². The maximum atomic E-state index is 12.4. The summed E-state index contributed by atoms with van der Waals surface area (Å²) in [4.78, 5) is 27.4. The summed E-state index contributed by atoms with van der Waals surface area (Å²) in [6.07, 6.45) is 2.70. The Morgan fingerprint density at radius 2 is 2.10 bits per heavy atom. The number of hydrogen-bond donors (Lipinski definition) is 1. The lowest BCUT2D eigenvalue weighted by Gasteiger charge is -2.38. The predicted octanol–water partition coefficient (Wildman–Crippen LogP) is 0.809. The van der Waals surface area contributed by atoms with E-state index in [1.165, 1.54) is 0 Å². The Morgan fingerprint density at radius 1 is 1.33 bits per heavy atom. The fourth-order valence-electron chi connectivity index (χ4n) is 3.22. The van der Waals surface area contributed by atoms with Crippen molar-refractivity contribution in [3.63, 3.8) is 0 Å². The molecule has 0 bridgehead atoms. The van der Waals surface area contributed by atoms with E-state index >= 15 is 0 Å². The Balaban J connectivity index is 1.93. The number of morpholine rings is 1. The lowest BCUT2D eigenvalue weighted by Crippen LogP contribution is -2.53. The number of ether oxygens (including phenoxy) is 1. The van der Waals surface area contributed by atoms with Gasteiger partial charge in [0.2, 0.25) is 5.91 Å². The first kappa shape index (κ1) is 16.2. The number of aliphatic carboxylic acids is 1. The van der Waals surface area contributed by atoms with Crippen LogP contribution in [0, 0.1) is 5.92 Å². The maximum Gasteiger partial charge on any atom is 0.320 e. The second kappa shape index (κ2) is 7.22. The number of carbonyl (C=O) groups is 2. The minimum Gasteiger partial charge on any atom is -0.480 e. The molecule has 6 nitrogen and oxygen atoms in total. The summed E-state index contributed by atoms with van der Waals surface area (Å²) in [7, 11) is 0. The minimum atomic E-state index is -0.809. The van der Waals surface area contributed by atoms with Crippen LogP contribution in [-0.2, 0) is 14.3 Å². The molecule has 120 valence electrons. The van der Waals surface area contributed by atoms with Crippen LogP contribution in [-0.4, -0.2) is 71.7 Å². The lowest BCUT2D eigenvalue weighted by atomic mass is 9.89. The molecule has 6 heteroatoms. The molecule has 2 aliphatic rings. The van der Waals surface area contributed by atoms with Crippen LogP contribution in [0.5, 0.6) is 0 Å². The van der Waals surface area contributed by atoms with Crippen LogP contribution < -0.4 is 0 Å². The zero-order chi connectivity index (χ0) is 15.4. The second-order valence-corrected chi connectivity index (χ2v) is 6.14. The number of carboxylic acids is 1. The van der Waals surface area contributed by atoms with Crippen LogP contribution in [0.1, 0.15) is 33.1 Å². The molecule has 0 aromatic heterocycles. The molecule has 0 aromatic carbocycles. The first-order valence-corrected chi connectivity index (χ1v) is 7.87. The zero-order valence-corrected chi connectivity index (χ0v) is 13.0. The Kier molecular flexibility index (Phi) is 5.58. The Labute approximate surface area is 126 Å². The molecular weight excluding hydrogens is 272 g/mol. The van der Waals surface area contributed by atoms with E-state index in [0.29, 0.717) is 38.6 Å². The molecular formula is C15H26N2O4. The zero-order valence-electron chi connectivity index (χ0n) is 13.0. The number of amides is 1. The van der Waals surface area contributed by atoms with Crippen LogP contribution >= 0.6 is 0 Å². The highest BCUT2D eigenvalue weighted by molar-refractivity contribution is 5.80. The highest BCUT2D eigenvalue weighted by Gasteiger charge is 2.34. The molecule has 2 aliphatic heterocycles.